The average Bonchev–Trinajstić information content (AvgIpc) is 2.52. The lowest BCUT2D eigenvalue weighted by Crippen LogP contribution is -2.46. The van der Waals surface area contributed by atoms with Crippen molar-refractivity contribution in [2.75, 3.05) is 26.2 Å². The van der Waals surface area contributed by atoms with E-state index in [4.69, 9.17) is 5.73 Å². The van der Waals surface area contributed by atoms with E-state index in [0.717, 1.165) is 6.42 Å². The molecule has 2 amide bonds. The summed E-state index contributed by atoms with van der Waals surface area (Å²) in [6.07, 6.45) is 1.90. The van der Waals surface area contributed by atoms with Crippen LogP contribution in [0.2, 0.25) is 0 Å². The monoisotopic (exact) mass is 325 g/mol. The van der Waals surface area contributed by atoms with Crippen molar-refractivity contribution < 1.29 is 9.59 Å². The molecule has 1 atom stereocenters. The molecule has 22 heavy (non-hydrogen) atoms. The summed E-state index contributed by atoms with van der Waals surface area (Å²) >= 11 is 0. The molecule has 1 aromatic rings. The van der Waals surface area contributed by atoms with Gasteiger partial charge >= 0.3 is 0 Å². The number of benzene rings is 1. The zero-order valence-electron chi connectivity index (χ0n) is 12.7. The van der Waals surface area contributed by atoms with Crippen molar-refractivity contribution in [2.24, 2.45) is 11.7 Å². The summed E-state index contributed by atoms with van der Waals surface area (Å²) in [4.78, 5) is 25.5. The number of carbonyl (C=O) groups is 2. The Kier molecular flexibility index (Phi) is 7.91. The van der Waals surface area contributed by atoms with Crippen molar-refractivity contribution in [1.29, 1.82) is 0 Å². The number of hydrogen-bond donors (Lipinski definition) is 2. The number of halogens is 1. The van der Waals surface area contributed by atoms with Crippen molar-refractivity contribution in [3.05, 3.63) is 35.9 Å². The molecule has 1 saturated heterocycles. The molecule has 0 aliphatic carbocycles. The molecule has 0 radical (unpaired) electrons. The van der Waals surface area contributed by atoms with Gasteiger partial charge in [-0.25, -0.2) is 0 Å². The number of nitrogens with zero attached hydrogens (tertiary/aromatic N) is 1. The number of rotatable bonds is 6. The molecule has 1 aliphatic rings. The van der Waals surface area contributed by atoms with E-state index in [9.17, 15) is 9.59 Å². The smallest absolute Gasteiger partial charge is 0.227 e. The average molecular weight is 326 g/mol. The Hall–Kier alpha value is -1.59. The van der Waals surface area contributed by atoms with Crippen LogP contribution in [0.1, 0.15) is 18.4 Å². The van der Waals surface area contributed by atoms with Gasteiger partial charge in [0.2, 0.25) is 11.8 Å². The molecule has 0 spiro atoms. The van der Waals surface area contributed by atoms with Crippen molar-refractivity contribution in [2.45, 2.75) is 19.3 Å². The van der Waals surface area contributed by atoms with E-state index < -0.39 is 0 Å². The van der Waals surface area contributed by atoms with Gasteiger partial charge in [-0.3, -0.25) is 9.59 Å². The Morgan fingerprint density at radius 3 is 2.59 bits per heavy atom. The molecule has 1 aliphatic heterocycles. The van der Waals surface area contributed by atoms with Gasteiger partial charge in [0, 0.05) is 32.6 Å². The summed E-state index contributed by atoms with van der Waals surface area (Å²) in [5.41, 5.74) is 6.84. The van der Waals surface area contributed by atoms with Crippen LogP contribution in [0.4, 0.5) is 0 Å². The molecule has 1 unspecified atom stereocenters. The molecule has 1 aromatic carbocycles. The summed E-state index contributed by atoms with van der Waals surface area (Å²) in [7, 11) is 0. The highest BCUT2D eigenvalue weighted by Crippen LogP contribution is 2.14. The van der Waals surface area contributed by atoms with Gasteiger partial charge in [-0.2, -0.15) is 0 Å². The van der Waals surface area contributed by atoms with E-state index in [0.29, 0.717) is 39.0 Å². The molecule has 6 heteroatoms. The Bertz CT molecular complexity index is 472. The molecule has 3 N–H and O–H groups in total. The van der Waals surface area contributed by atoms with Crippen LogP contribution in [0.25, 0.3) is 0 Å². The van der Waals surface area contributed by atoms with Crippen LogP contribution in [-0.2, 0) is 16.0 Å². The second-order valence-corrected chi connectivity index (χ2v) is 5.39. The third-order valence-electron chi connectivity index (χ3n) is 3.84. The Balaban J connectivity index is 0.00000242. The van der Waals surface area contributed by atoms with Gasteiger partial charge in [-0.05, 0) is 18.4 Å². The fraction of sp³-hybridized carbons (Fsp3) is 0.500. The largest absolute Gasteiger partial charge is 0.355 e. The summed E-state index contributed by atoms with van der Waals surface area (Å²) in [5.74, 6) is 0.0371. The number of carbonyl (C=O) groups excluding carboxylic acids is 2. The number of piperidine rings is 1. The van der Waals surface area contributed by atoms with Gasteiger partial charge in [0.05, 0.1) is 5.92 Å². The lowest BCUT2D eigenvalue weighted by Gasteiger charge is -2.29. The minimum absolute atomic E-state index is 0. The van der Waals surface area contributed by atoms with E-state index in [1.807, 2.05) is 23.1 Å². The van der Waals surface area contributed by atoms with Crippen LogP contribution in [0, 0.1) is 5.92 Å². The van der Waals surface area contributed by atoms with Gasteiger partial charge < -0.3 is 16.0 Å². The summed E-state index contributed by atoms with van der Waals surface area (Å²) in [6, 6.07) is 10.1. The molecular weight excluding hydrogens is 302 g/mol. The minimum atomic E-state index is -0.106. The quantitative estimate of drug-likeness (QED) is 0.818. The highest BCUT2D eigenvalue weighted by atomic mass is 35.5. The van der Waals surface area contributed by atoms with Crippen molar-refractivity contribution in [3.63, 3.8) is 0 Å². The maximum atomic E-state index is 12.5. The predicted octanol–water partition coefficient (Wildman–Crippen LogP) is 0.964. The zero-order chi connectivity index (χ0) is 15.1. The van der Waals surface area contributed by atoms with Crippen LogP contribution >= 0.6 is 12.4 Å². The van der Waals surface area contributed by atoms with Crippen molar-refractivity contribution in [1.82, 2.24) is 10.2 Å². The molecule has 0 saturated carbocycles. The maximum absolute atomic E-state index is 12.5. The van der Waals surface area contributed by atoms with Gasteiger partial charge in [-0.1, -0.05) is 30.3 Å². The third-order valence-corrected chi connectivity index (χ3v) is 3.84. The van der Waals surface area contributed by atoms with E-state index in [2.05, 4.69) is 17.4 Å². The third kappa shape index (κ3) is 5.31. The lowest BCUT2D eigenvalue weighted by molar-refractivity contribution is -0.137. The van der Waals surface area contributed by atoms with E-state index >= 15 is 0 Å². The molecule has 1 fully saturated rings. The number of hydrogen-bond acceptors (Lipinski definition) is 3. The Labute approximate surface area is 137 Å². The van der Waals surface area contributed by atoms with Gasteiger partial charge in [0.1, 0.15) is 0 Å². The van der Waals surface area contributed by atoms with Crippen molar-refractivity contribution >= 4 is 24.2 Å². The van der Waals surface area contributed by atoms with Crippen LogP contribution in [0.15, 0.2) is 30.3 Å². The topological polar surface area (TPSA) is 75.4 Å². The van der Waals surface area contributed by atoms with Gasteiger partial charge in [0.15, 0.2) is 0 Å². The van der Waals surface area contributed by atoms with E-state index in [1.165, 1.54) is 5.56 Å². The fourth-order valence-corrected chi connectivity index (χ4v) is 2.60. The highest BCUT2D eigenvalue weighted by Gasteiger charge is 2.27. The van der Waals surface area contributed by atoms with Gasteiger partial charge in [-0.15, -0.1) is 12.4 Å². The van der Waals surface area contributed by atoms with Crippen LogP contribution in [0.3, 0.4) is 0 Å². The minimum Gasteiger partial charge on any atom is -0.355 e. The molecule has 0 aromatic heterocycles. The highest BCUT2D eigenvalue weighted by molar-refractivity contribution is 5.85. The molecule has 5 nitrogen and oxygen atoms in total. The summed E-state index contributed by atoms with van der Waals surface area (Å²) in [5, 5.41) is 2.77. The first kappa shape index (κ1) is 18.5. The number of amides is 2. The SMILES string of the molecule is Cl.NCCN(CCc1ccccc1)C(=O)C1CCC(=O)NC1. The first-order valence-electron chi connectivity index (χ1n) is 7.50. The van der Waals surface area contributed by atoms with Gasteiger partial charge in [0.25, 0.3) is 0 Å². The molecule has 2 rings (SSSR count). The van der Waals surface area contributed by atoms with Crippen LogP contribution in [-0.4, -0.2) is 42.9 Å². The summed E-state index contributed by atoms with van der Waals surface area (Å²) in [6.45, 7) is 2.14. The normalized spacial score (nSPS) is 17.3. The van der Waals surface area contributed by atoms with Crippen molar-refractivity contribution in [3.8, 4) is 0 Å². The predicted molar refractivity (Wildman–Crippen MR) is 88.8 cm³/mol. The second-order valence-electron chi connectivity index (χ2n) is 5.39. The first-order chi connectivity index (χ1) is 10.2. The standard InChI is InChI=1S/C16H23N3O2.ClH/c17-9-11-19(10-8-13-4-2-1-3-5-13)16(21)14-6-7-15(20)18-12-14;/h1-5,14H,6-12,17H2,(H,18,20);1H. The van der Waals surface area contributed by atoms with Crippen LogP contribution in [0.5, 0.6) is 0 Å². The first-order valence-corrected chi connectivity index (χ1v) is 7.50. The molecule has 122 valence electrons. The molecule has 0 bridgehead atoms. The fourth-order valence-electron chi connectivity index (χ4n) is 2.60. The van der Waals surface area contributed by atoms with E-state index in [-0.39, 0.29) is 30.1 Å². The maximum Gasteiger partial charge on any atom is 0.227 e. The lowest BCUT2D eigenvalue weighted by atomic mass is 9.97. The number of nitrogens with one attached hydrogen (secondary N) is 1. The molecule has 1 heterocycles. The molecular formula is C16H24ClN3O2. The summed E-state index contributed by atoms with van der Waals surface area (Å²) < 4.78 is 0. The van der Waals surface area contributed by atoms with E-state index in [1.54, 1.807) is 0 Å². The Morgan fingerprint density at radius 1 is 1.27 bits per heavy atom. The van der Waals surface area contributed by atoms with Crippen LogP contribution < -0.4 is 11.1 Å². The zero-order valence-corrected chi connectivity index (χ0v) is 13.5. The Morgan fingerprint density at radius 2 is 2.00 bits per heavy atom. The number of nitrogens with two attached hydrogens (primary N) is 1. The second kappa shape index (κ2) is 9.43.